The van der Waals surface area contributed by atoms with Crippen LogP contribution < -0.4 is 10.6 Å². The fourth-order valence-corrected chi connectivity index (χ4v) is 6.05. The number of thioether (sulfide) groups is 1. The molecule has 1 aromatic rings. The number of sulfonamides is 1. The standard InChI is InChI=1S/C20H29N3O3S2/c1-3-16(2)21-19(24)18-15-27-20(22-18)10-12-23(13-11-20)28(25,26)14-9-17-7-5-4-6-8-17/h4-9,14,16,18,22H,3,10-13,15H2,1-2H3,(H,21,24)/b14-9+/t16-,18+/m1/s1. The van der Waals surface area contributed by atoms with E-state index >= 15 is 0 Å². The molecule has 28 heavy (non-hydrogen) atoms. The van der Waals surface area contributed by atoms with E-state index in [1.807, 2.05) is 44.2 Å². The van der Waals surface area contributed by atoms with Gasteiger partial charge in [0.15, 0.2) is 0 Å². The molecule has 6 nitrogen and oxygen atoms in total. The van der Waals surface area contributed by atoms with Gasteiger partial charge in [0.25, 0.3) is 0 Å². The molecular formula is C20H29N3O3S2. The average molecular weight is 424 g/mol. The zero-order valence-electron chi connectivity index (χ0n) is 16.4. The molecule has 2 N–H and O–H groups in total. The summed E-state index contributed by atoms with van der Waals surface area (Å²) in [5.74, 6) is 0.766. The summed E-state index contributed by atoms with van der Waals surface area (Å²) in [6.07, 6.45) is 3.93. The van der Waals surface area contributed by atoms with Crippen molar-refractivity contribution >= 4 is 33.8 Å². The number of amides is 1. The quantitative estimate of drug-likeness (QED) is 0.735. The van der Waals surface area contributed by atoms with Gasteiger partial charge in [-0.05, 0) is 37.8 Å². The molecule has 0 bridgehead atoms. The first-order chi connectivity index (χ1) is 13.3. The molecule has 2 aliphatic rings. The second-order valence-corrected chi connectivity index (χ2v) is 10.7. The first kappa shape index (κ1) is 21.4. The van der Waals surface area contributed by atoms with Crippen molar-refractivity contribution in [1.82, 2.24) is 14.9 Å². The van der Waals surface area contributed by atoms with E-state index in [4.69, 9.17) is 0 Å². The molecule has 8 heteroatoms. The minimum atomic E-state index is -3.44. The summed E-state index contributed by atoms with van der Waals surface area (Å²) >= 11 is 1.75. The zero-order valence-corrected chi connectivity index (χ0v) is 18.1. The highest BCUT2D eigenvalue weighted by Crippen LogP contribution is 2.39. The molecule has 2 aliphatic heterocycles. The summed E-state index contributed by atoms with van der Waals surface area (Å²) in [5.41, 5.74) is 0.864. The Morgan fingerprint density at radius 3 is 2.68 bits per heavy atom. The molecule has 2 fully saturated rings. The van der Waals surface area contributed by atoms with Crippen LogP contribution in [0.1, 0.15) is 38.7 Å². The second-order valence-electron chi connectivity index (χ2n) is 7.48. The van der Waals surface area contributed by atoms with Crippen LogP contribution >= 0.6 is 11.8 Å². The van der Waals surface area contributed by atoms with E-state index in [-0.39, 0.29) is 22.9 Å². The maximum atomic E-state index is 12.6. The highest BCUT2D eigenvalue weighted by molar-refractivity contribution is 8.01. The molecule has 0 unspecified atom stereocenters. The zero-order chi connectivity index (χ0) is 20.2. The van der Waals surface area contributed by atoms with Crippen LogP contribution in [0, 0.1) is 0 Å². The molecule has 0 saturated carbocycles. The number of carbonyl (C=O) groups is 1. The van der Waals surface area contributed by atoms with E-state index in [1.54, 1.807) is 17.8 Å². The van der Waals surface area contributed by atoms with Crippen molar-refractivity contribution in [3.8, 4) is 0 Å². The van der Waals surface area contributed by atoms with Gasteiger partial charge in [-0.1, -0.05) is 37.3 Å². The largest absolute Gasteiger partial charge is 0.352 e. The number of benzene rings is 1. The molecule has 0 aromatic heterocycles. The van der Waals surface area contributed by atoms with Crippen molar-refractivity contribution < 1.29 is 13.2 Å². The summed E-state index contributed by atoms with van der Waals surface area (Å²) < 4.78 is 26.8. The van der Waals surface area contributed by atoms with Gasteiger partial charge in [0, 0.05) is 30.3 Å². The van der Waals surface area contributed by atoms with E-state index in [0.29, 0.717) is 25.9 Å². The lowest BCUT2D eigenvalue weighted by Gasteiger charge is -2.38. The SMILES string of the molecule is CC[C@@H](C)NC(=O)[C@@H]1CSC2(CCN(S(=O)(=O)/C=C/c3ccccc3)CC2)N1. The van der Waals surface area contributed by atoms with Gasteiger partial charge in [0.05, 0.1) is 10.9 Å². The molecule has 154 valence electrons. The van der Waals surface area contributed by atoms with Crippen LogP contribution in [0.2, 0.25) is 0 Å². The van der Waals surface area contributed by atoms with Gasteiger partial charge in [-0.3, -0.25) is 10.1 Å². The first-order valence-corrected chi connectivity index (χ1v) is 12.3. The van der Waals surface area contributed by atoms with Gasteiger partial charge in [-0.2, -0.15) is 4.31 Å². The van der Waals surface area contributed by atoms with Gasteiger partial charge in [-0.25, -0.2) is 8.42 Å². The fourth-order valence-electron chi connectivity index (χ4n) is 3.44. The highest BCUT2D eigenvalue weighted by Gasteiger charge is 2.45. The lowest BCUT2D eigenvalue weighted by atomic mass is 10.0. The van der Waals surface area contributed by atoms with Crippen molar-refractivity contribution in [2.24, 2.45) is 0 Å². The molecule has 2 atom stereocenters. The van der Waals surface area contributed by atoms with E-state index in [0.717, 1.165) is 17.7 Å². The molecule has 1 spiro atoms. The van der Waals surface area contributed by atoms with Gasteiger partial charge in [-0.15, -0.1) is 11.8 Å². The summed E-state index contributed by atoms with van der Waals surface area (Å²) in [6, 6.07) is 9.38. The van der Waals surface area contributed by atoms with Crippen LogP contribution in [-0.2, 0) is 14.8 Å². The monoisotopic (exact) mass is 423 g/mol. The number of nitrogens with zero attached hydrogens (tertiary/aromatic N) is 1. The summed E-state index contributed by atoms with van der Waals surface area (Å²) in [7, 11) is -3.44. The topological polar surface area (TPSA) is 78.5 Å². The lowest BCUT2D eigenvalue weighted by Crippen LogP contribution is -2.54. The van der Waals surface area contributed by atoms with Gasteiger partial charge < -0.3 is 5.32 Å². The predicted octanol–water partition coefficient (Wildman–Crippen LogP) is 2.40. The maximum Gasteiger partial charge on any atom is 0.238 e. The molecule has 2 saturated heterocycles. The molecule has 0 aliphatic carbocycles. The Balaban J connectivity index is 1.55. The third-order valence-electron chi connectivity index (χ3n) is 5.40. The minimum absolute atomic E-state index is 0.0413. The Morgan fingerprint density at radius 1 is 1.36 bits per heavy atom. The van der Waals surface area contributed by atoms with E-state index < -0.39 is 10.0 Å². The summed E-state index contributed by atoms with van der Waals surface area (Å²) in [5, 5.41) is 7.80. The number of piperidine rings is 1. The molecule has 3 rings (SSSR count). The summed E-state index contributed by atoms with van der Waals surface area (Å²) in [6.45, 7) is 4.97. The Kier molecular flexibility index (Phi) is 6.85. The Morgan fingerprint density at radius 2 is 2.04 bits per heavy atom. The van der Waals surface area contributed by atoms with Crippen LogP contribution in [0.3, 0.4) is 0 Å². The van der Waals surface area contributed by atoms with Crippen LogP contribution in [-0.4, -0.2) is 54.4 Å². The van der Waals surface area contributed by atoms with E-state index in [1.165, 1.54) is 9.71 Å². The number of rotatable bonds is 6. The van der Waals surface area contributed by atoms with Crippen molar-refractivity contribution in [3.63, 3.8) is 0 Å². The maximum absolute atomic E-state index is 12.6. The third-order valence-corrected chi connectivity index (χ3v) is 8.55. The summed E-state index contributed by atoms with van der Waals surface area (Å²) in [4.78, 5) is 12.2. The number of hydrogen-bond acceptors (Lipinski definition) is 5. The minimum Gasteiger partial charge on any atom is -0.352 e. The normalized spacial score (nSPS) is 23.9. The van der Waals surface area contributed by atoms with Gasteiger partial charge >= 0.3 is 0 Å². The second kappa shape index (κ2) is 8.98. The molecule has 1 aromatic carbocycles. The van der Waals surface area contributed by atoms with Crippen molar-refractivity contribution in [3.05, 3.63) is 41.3 Å². The Labute approximate surface area is 172 Å². The average Bonchev–Trinajstić information content (AvgIpc) is 3.11. The Bertz CT molecular complexity index is 803. The number of hydrogen-bond donors (Lipinski definition) is 2. The molecule has 0 radical (unpaired) electrons. The Hall–Kier alpha value is -1.35. The fraction of sp³-hybridized carbons (Fsp3) is 0.550. The highest BCUT2D eigenvalue weighted by atomic mass is 32.2. The van der Waals surface area contributed by atoms with Crippen LogP contribution in [0.25, 0.3) is 6.08 Å². The van der Waals surface area contributed by atoms with Crippen LogP contribution in [0.4, 0.5) is 0 Å². The van der Waals surface area contributed by atoms with Crippen molar-refractivity contribution in [2.45, 2.75) is 50.1 Å². The molecular weight excluding hydrogens is 394 g/mol. The number of carbonyl (C=O) groups excluding carboxylic acids is 1. The first-order valence-electron chi connectivity index (χ1n) is 9.79. The lowest BCUT2D eigenvalue weighted by molar-refractivity contribution is -0.123. The third kappa shape index (κ3) is 5.17. The van der Waals surface area contributed by atoms with Gasteiger partial charge in [0.1, 0.15) is 0 Å². The smallest absolute Gasteiger partial charge is 0.238 e. The van der Waals surface area contributed by atoms with Crippen molar-refractivity contribution in [1.29, 1.82) is 0 Å². The molecule has 2 heterocycles. The number of nitrogens with one attached hydrogen (secondary N) is 2. The van der Waals surface area contributed by atoms with Crippen molar-refractivity contribution in [2.75, 3.05) is 18.8 Å². The van der Waals surface area contributed by atoms with Crippen LogP contribution in [0.5, 0.6) is 0 Å². The van der Waals surface area contributed by atoms with E-state index in [9.17, 15) is 13.2 Å². The van der Waals surface area contributed by atoms with Gasteiger partial charge in [0.2, 0.25) is 15.9 Å². The van der Waals surface area contributed by atoms with E-state index in [2.05, 4.69) is 10.6 Å². The van der Waals surface area contributed by atoms with Crippen LogP contribution in [0.15, 0.2) is 35.7 Å². The molecule has 1 amide bonds. The predicted molar refractivity (Wildman–Crippen MR) is 115 cm³/mol.